The highest BCUT2D eigenvalue weighted by atomic mass is 16.5. The highest BCUT2D eigenvalue weighted by Gasteiger charge is 2.03. The summed E-state index contributed by atoms with van der Waals surface area (Å²) in [5.41, 5.74) is 5.45. The Bertz CT molecular complexity index is 242. The summed E-state index contributed by atoms with van der Waals surface area (Å²) in [6, 6.07) is 0.357. The molecule has 2 N–H and O–H groups in total. The van der Waals surface area contributed by atoms with Crippen molar-refractivity contribution in [2.24, 2.45) is 5.73 Å². The van der Waals surface area contributed by atoms with E-state index in [1.807, 2.05) is 10.9 Å². The number of nitrogens with zero attached hydrogens (tertiary/aromatic N) is 2. The molecule has 12 heavy (non-hydrogen) atoms. The molecule has 0 aliphatic carbocycles. The quantitative estimate of drug-likeness (QED) is 0.690. The number of nitrogens with two attached hydrogens (primary N) is 1. The fraction of sp³-hybridized carbons (Fsp3) is 0.625. The molecular weight excluding hydrogens is 154 g/mol. The molecule has 1 aromatic rings. The van der Waals surface area contributed by atoms with Crippen molar-refractivity contribution in [3.8, 4) is 5.75 Å². The van der Waals surface area contributed by atoms with Crippen molar-refractivity contribution in [3.05, 3.63) is 12.4 Å². The summed E-state index contributed by atoms with van der Waals surface area (Å²) < 4.78 is 7.07. The Hall–Kier alpha value is -1.03. The molecule has 0 spiro atoms. The third-order valence-electron chi connectivity index (χ3n) is 1.43. The molecule has 1 unspecified atom stereocenters. The predicted molar refractivity (Wildman–Crippen MR) is 46.9 cm³/mol. The standard InChI is InChI=1S/C8H15N3O/c1-6(2)11-5-8(4-10-11)12-7(3)9/h4-7H,9H2,1-3H3. The number of aromatic nitrogens is 2. The largest absolute Gasteiger partial charge is 0.473 e. The highest BCUT2D eigenvalue weighted by Crippen LogP contribution is 2.12. The third-order valence-corrected chi connectivity index (χ3v) is 1.43. The van der Waals surface area contributed by atoms with Gasteiger partial charge in [0.15, 0.2) is 5.75 Å². The van der Waals surface area contributed by atoms with Crippen LogP contribution >= 0.6 is 0 Å². The first kappa shape index (κ1) is 9.06. The first-order chi connectivity index (χ1) is 5.59. The Morgan fingerprint density at radius 1 is 1.50 bits per heavy atom. The molecule has 0 aliphatic rings. The van der Waals surface area contributed by atoms with Crippen molar-refractivity contribution in [3.63, 3.8) is 0 Å². The minimum absolute atomic E-state index is 0.283. The van der Waals surface area contributed by atoms with E-state index in [9.17, 15) is 0 Å². The molecule has 4 heteroatoms. The zero-order chi connectivity index (χ0) is 9.14. The van der Waals surface area contributed by atoms with Crippen molar-refractivity contribution in [2.45, 2.75) is 33.0 Å². The summed E-state index contributed by atoms with van der Waals surface area (Å²) in [4.78, 5) is 0. The first-order valence-corrected chi connectivity index (χ1v) is 4.06. The molecule has 0 aromatic carbocycles. The van der Waals surface area contributed by atoms with Crippen LogP contribution < -0.4 is 10.5 Å². The van der Waals surface area contributed by atoms with Crippen molar-refractivity contribution in [2.75, 3.05) is 0 Å². The lowest BCUT2D eigenvalue weighted by Crippen LogP contribution is -2.22. The van der Waals surface area contributed by atoms with Crippen LogP contribution in [0.5, 0.6) is 5.75 Å². The Balaban J connectivity index is 2.64. The SMILES string of the molecule is CC(N)Oc1cnn(C(C)C)c1. The average molecular weight is 169 g/mol. The minimum Gasteiger partial charge on any atom is -0.473 e. The summed E-state index contributed by atoms with van der Waals surface area (Å²) in [5.74, 6) is 0.721. The Labute approximate surface area is 72.3 Å². The van der Waals surface area contributed by atoms with Crippen LogP contribution in [0.4, 0.5) is 0 Å². The molecule has 0 saturated heterocycles. The maximum absolute atomic E-state index is 5.45. The number of ether oxygens (including phenoxy) is 1. The van der Waals surface area contributed by atoms with E-state index in [0.717, 1.165) is 5.75 Å². The van der Waals surface area contributed by atoms with Gasteiger partial charge in [-0.2, -0.15) is 5.10 Å². The van der Waals surface area contributed by atoms with E-state index >= 15 is 0 Å². The van der Waals surface area contributed by atoms with E-state index in [2.05, 4.69) is 18.9 Å². The zero-order valence-electron chi connectivity index (χ0n) is 7.69. The summed E-state index contributed by atoms with van der Waals surface area (Å²) in [7, 11) is 0. The van der Waals surface area contributed by atoms with Crippen LogP contribution in [0.15, 0.2) is 12.4 Å². The van der Waals surface area contributed by atoms with Crippen LogP contribution in [0, 0.1) is 0 Å². The topological polar surface area (TPSA) is 53.1 Å². The van der Waals surface area contributed by atoms with Gasteiger partial charge in [0.05, 0.1) is 12.4 Å². The lowest BCUT2D eigenvalue weighted by molar-refractivity contribution is 0.229. The van der Waals surface area contributed by atoms with E-state index in [0.29, 0.717) is 6.04 Å². The first-order valence-electron chi connectivity index (χ1n) is 4.06. The van der Waals surface area contributed by atoms with Crippen LogP contribution in [-0.4, -0.2) is 16.0 Å². The monoisotopic (exact) mass is 169 g/mol. The molecule has 1 rings (SSSR count). The van der Waals surface area contributed by atoms with Gasteiger partial charge in [-0.3, -0.25) is 10.4 Å². The molecule has 1 atom stereocenters. The van der Waals surface area contributed by atoms with Gasteiger partial charge in [-0.1, -0.05) is 0 Å². The predicted octanol–water partition coefficient (Wildman–Crippen LogP) is 1.15. The molecule has 0 bridgehead atoms. The number of hydrogen-bond donors (Lipinski definition) is 1. The van der Waals surface area contributed by atoms with Gasteiger partial charge in [0.2, 0.25) is 0 Å². The number of rotatable bonds is 3. The molecule has 0 amide bonds. The van der Waals surface area contributed by atoms with Gasteiger partial charge in [-0.15, -0.1) is 0 Å². The molecule has 68 valence electrons. The van der Waals surface area contributed by atoms with Gasteiger partial charge in [0, 0.05) is 6.04 Å². The minimum atomic E-state index is -0.283. The maximum atomic E-state index is 5.45. The fourth-order valence-corrected chi connectivity index (χ4v) is 0.879. The summed E-state index contributed by atoms with van der Waals surface area (Å²) in [5, 5.41) is 4.10. The van der Waals surface area contributed by atoms with Crippen molar-refractivity contribution in [1.82, 2.24) is 9.78 Å². The Morgan fingerprint density at radius 2 is 2.17 bits per heavy atom. The normalized spacial score (nSPS) is 13.4. The fourth-order valence-electron chi connectivity index (χ4n) is 0.879. The van der Waals surface area contributed by atoms with E-state index in [1.54, 1.807) is 13.1 Å². The van der Waals surface area contributed by atoms with Crippen LogP contribution in [-0.2, 0) is 0 Å². The highest BCUT2D eigenvalue weighted by molar-refractivity contribution is 5.12. The lowest BCUT2D eigenvalue weighted by atomic mass is 10.4. The average Bonchev–Trinajstić information content (AvgIpc) is 2.34. The molecule has 0 aliphatic heterocycles. The zero-order valence-corrected chi connectivity index (χ0v) is 7.69. The van der Waals surface area contributed by atoms with E-state index in [-0.39, 0.29) is 6.23 Å². The molecule has 0 fully saturated rings. The van der Waals surface area contributed by atoms with Gasteiger partial charge in [-0.25, -0.2) is 0 Å². The van der Waals surface area contributed by atoms with Crippen molar-refractivity contribution < 1.29 is 4.74 Å². The smallest absolute Gasteiger partial charge is 0.159 e. The van der Waals surface area contributed by atoms with Gasteiger partial charge in [0.25, 0.3) is 0 Å². The number of hydrogen-bond acceptors (Lipinski definition) is 3. The van der Waals surface area contributed by atoms with E-state index in [1.165, 1.54) is 0 Å². The van der Waals surface area contributed by atoms with Crippen LogP contribution in [0.25, 0.3) is 0 Å². The molecule has 4 nitrogen and oxygen atoms in total. The second-order valence-electron chi connectivity index (χ2n) is 3.07. The van der Waals surface area contributed by atoms with Crippen LogP contribution in [0.2, 0.25) is 0 Å². The molecule has 0 radical (unpaired) electrons. The molecule has 1 aromatic heterocycles. The Morgan fingerprint density at radius 3 is 2.58 bits per heavy atom. The van der Waals surface area contributed by atoms with E-state index in [4.69, 9.17) is 10.5 Å². The summed E-state index contributed by atoms with van der Waals surface area (Å²) in [6.45, 7) is 5.90. The lowest BCUT2D eigenvalue weighted by Gasteiger charge is -2.06. The third kappa shape index (κ3) is 2.23. The molecule has 0 saturated carbocycles. The van der Waals surface area contributed by atoms with Crippen molar-refractivity contribution in [1.29, 1.82) is 0 Å². The maximum Gasteiger partial charge on any atom is 0.159 e. The van der Waals surface area contributed by atoms with Gasteiger partial charge in [0.1, 0.15) is 6.23 Å². The second-order valence-corrected chi connectivity index (χ2v) is 3.07. The summed E-state index contributed by atoms with van der Waals surface area (Å²) in [6.07, 6.45) is 3.23. The van der Waals surface area contributed by atoms with E-state index < -0.39 is 0 Å². The summed E-state index contributed by atoms with van der Waals surface area (Å²) >= 11 is 0. The van der Waals surface area contributed by atoms with Gasteiger partial charge < -0.3 is 4.74 Å². The van der Waals surface area contributed by atoms with Gasteiger partial charge >= 0.3 is 0 Å². The van der Waals surface area contributed by atoms with Gasteiger partial charge in [-0.05, 0) is 20.8 Å². The second kappa shape index (κ2) is 3.58. The van der Waals surface area contributed by atoms with Crippen LogP contribution in [0.1, 0.15) is 26.8 Å². The molecule has 1 heterocycles. The molecular formula is C8H15N3O. The van der Waals surface area contributed by atoms with Crippen LogP contribution in [0.3, 0.4) is 0 Å². The van der Waals surface area contributed by atoms with Crippen molar-refractivity contribution >= 4 is 0 Å². The Kier molecular flexibility index (Phi) is 2.70.